The van der Waals surface area contributed by atoms with Gasteiger partial charge in [-0.2, -0.15) is 0 Å². The Morgan fingerprint density at radius 1 is 1.14 bits per heavy atom. The van der Waals surface area contributed by atoms with Gasteiger partial charge in [0.25, 0.3) is 0 Å². The molecule has 1 aliphatic rings. The minimum absolute atomic E-state index is 0.312. The van der Waals surface area contributed by atoms with Gasteiger partial charge in [0.15, 0.2) is 0 Å². The zero-order chi connectivity index (χ0) is 10.3. The smallest absolute Gasteiger partial charge is 0.0971 e. The summed E-state index contributed by atoms with van der Waals surface area (Å²) in [5.41, 5.74) is 0.312. The van der Waals surface area contributed by atoms with Gasteiger partial charge < -0.3 is 4.74 Å². The van der Waals surface area contributed by atoms with E-state index in [0.717, 1.165) is 13.3 Å². The van der Waals surface area contributed by atoms with Crippen molar-refractivity contribution in [1.29, 1.82) is 0 Å². The maximum absolute atomic E-state index is 5.42. The molecule has 0 bridgehead atoms. The van der Waals surface area contributed by atoms with E-state index in [1.807, 2.05) is 0 Å². The zero-order valence-corrected chi connectivity index (χ0v) is 9.77. The van der Waals surface area contributed by atoms with Crippen LogP contribution in [0.25, 0.3) is 0 Å². The van der Waals surface area contributed by atoms with Crippen LogP contribution >= 0.6 is 0 Å². The van der Waals surface area contributed by atoms with Crippen molar-refractivity contribution < 1.29 is 4.74 Å². The van der Waals surface area contributed by atoms with E-state index < -0.39 is 0 Å². The Morgan fingerprint density at radius 2 is 1.93 bits per heavy atom. The molecule has 0 spiro atoms. The van der Waals surface area contributed by atoms with Gasteiger partial charge in [0.05, 0.1) is 13.3 Å². The third-order valence-electron chi connectivity index (χ3n) is 3.36. The average Bonchev–Trinajstić information content (AvgIpc) is 2.67. The third-order valence-corrected chi connectivity index (χ3v) is 3.36. The van der Waals surface area contributed by atoms with Crippen LogP contribution in [0.3, 0.4) is 0 Å². The van der Waals surface area contributed by atoms with Gasteiger partial charge in [-0.15, -0.1) is 0 Å². The predicted octanol–water partition coefficient (Wildman–Crippen LogP) is 3.07. The third kappa shape index (κ3) is 3.58. The second kappa shape index (κ2) is 6.41. The molecule has 1 rings (SSSR count). The van der Waals surface area contributed by atoms with Gasteiger partial charge >= 0.3 is 0 Å². The number of hydrogen-bond acceptors (Lipinski definition) is 2. The minimum atomic E-state index is 0.312. The monoisotopic (exact) mass is 199 g/mol. The summed E-state index contributed by atoms with van der Waals surface area (Å²) in [7, 11) is 0. The Morgan fingerprint density at radius 3 is 2.50 bits per heavy atom. The summed E-state index contributed by atoms with van der Waals surface area (Å²) in [6.45, 7) is 6.19. The Kier molecular flexibility index (Phi) is 5.49. The first-order chi connectivity index (χ1) is 6.83. The van der Waals surface area contributed by atoms with E-state index in [0.29, 0.717) is 5.54 Å². The minimum Gasteiger partial charge on any atom is -0.364 e. The van der Waals surface area contributed by atoms with Crippen molar-refractivity contribution in [2.24, 2.45) is 0 Å². The summed E-state index contributed by atoms with van der Waals surface area (Å²) in [6.07, 6.45) is 9.34. The summed E-state index contributed by atoms with van der Waals surface area (Å²) in [4.78, 5) is 0. The highest BCUT2D eigenvalue weighted by atomic mass is 16.5. The van der Waals surface area contributed by atoms with Crippen LogP contribution in [0, 0.1) is 0 Å². The number of hydrogen-bond donors (Lipinski definition) is 1. The lowest BCUT2D eigenvalue weighted by atomic mass is 9.91. The lowest BCUT2D eigenvalue weighted by Crippen LogP contribution is -2.41. The molecule has 1 unspecified atom stereocenters. The topological polar surface area (TPSA) is 21.3 Å². The molecular formula is C12H25NO. The Balaban J connectivity index is 2.08. The molecular weight excluding hydrogens is 174 g/mol. The average molecular weight is 199 g/mol. The Hall–Kier alpha value is -0.0800. The molecule has 14 heavy (non-hydrogen) atoms. The molecule has 0 amide bonds. The van der Waals surface area contributed by atoms with Crippen molar-refractivity contribution in [3.63, 3.8) is 0 Å². The molecule has 1 aliphatic heterocycles. The summed E-state index contributed by atoms with van der Waals surface area (Å²) < 4.78 is 5.42. The molecule has 2 nitrogen and oxygen atoms in total. The molecule has 0 saturated carbocycles. The molecule has 1 heterocycles. The summed E-state index contributed by atoms with van der Waals surface area (Å²) in [6, 6.07) is 0. The second-order valence-corrected chi connectivity index (χ2v) is 4.47. The molecule has 0 aromatic rings. The van der Waals surface area contributed by atoms with Crippen LogP contribution in [0.5, 0.6) is 0 Å². The molecule has 0 radical (unpaired) electrons. The van der Waals surface area contributed by atoms with E-state index in [2.05, 4.69) is 19.2 Å². The van der Waals surface area contributed by atoms with Crippen LogP contribution in [0.1, 0.15) is 58.8 Å². The molecule has 84 valence electrons. The highest BCUT2D eigenvalue weighted by molar-refractivity contribution is 4.88. The SMILES string of the molecule is CCCCCCCC1(CC)COCN1. The van der Waals surface area contributed by atoms with Gasteiger partial charge in [-0.05, 0) is 12.8 Å². The van der Waals surface area contributed by atoms with Gasteiger partial charge in [0, 0.05) is 5.54 Å². The van der Waals surface area contributed by atoms with Crippen LogP contribution in [-0.2, 0) is 4.74 Å². The quantitative estimate of drug-likeness (QED) is 0.636. The first kappa shape index (κ1) is 12.0. The molecule has 2 heteroatoms. The van der Waals surface area contributed by atoms with E-state index in [-0.39, 0.29) is 0 Å². The number of unbranched alkanes of at least 4 members (excludes halogenated alkanes) is 4. The second-order valence-electron chi connectivity index (χ2n) is 4.47. The largest absolute Gasteiger partial charge is 0.364 e. The first-order valence-corrected chi connectivity index (χ1v) is 6.16. The van der Waals surface area contributed by atoms with E-state index in [1.54, 1.807) is 0 Å². The fourth-order valence-corrected chi connectivity index (χ4v) is 2.13. The number of ether oxygens (including phenoxy) is 1. The Labute approximate surface area is 88.4 Å². The van der Waals surface area contributed by atoms with Crippen molar-refractivity contribution in [3.05, 3.63) is 0 Å². The summed E-state index contributed by atoms with van der Waals surface area (Å²) in [5, 5.41) is 3.49. The van der Waals surface area contributed by atoms with Crippen LogP contribution in [0.2, 0.25) is 0 Å². The summed E-state index contributed by atoms with van der Waals surface area (Å²) >= 11 is 0. The van der Waals surface area contributed by atoms with E-state index in [1.165, 1.54) is 44.9 Å². The van der Waals surface area contributed by atoms with Crippen molar-refractivity contribution in [3.8, 4) is 0 Å². The molecule has 1 N–H and O–H groups in total. The van der Waals surface area contributed by atoms with Crippen molar-refractivity contribution in [2.45, 2.75) is 64.3 Å². The van der Waals surface area contributed by atoms with Gasteiger partial charge in [-0.1, -0.05) is 46.0 Å². The van der Waals surface area contributed by atoms with Crippen LogP contribution in [0.15, 0.2) is 0 Å². The first-order valence-electron chi connectivity index (χ1n) is 6.16. The normalized spacial score (nSPS) is 27.0. The zero-order valence-electron chi connectivity index (χ0n) is 9.77. The predicted molar refractivity (Wildman–Crippen MR) is 60.4 cm³/mol. The summed E-state index contributed by atoms with van der Waals surface area (Å²) in [5.74, 6) is 0. The molecule has 0 aromatic heterocycles. The van der Waals surface area contributed by atoms with Crippen molar-refractivity contribution in [2.75, 3.05) is 13.3 Å². The van der Waals surface area contributed by atoms with Gasteiger partial charge in [-0.25, -0.2) is 0 Å². The standard InChI is InChI=1S/C12H25NO/c1-3-5-6-7-8-9-12(4-2)10-14-11-13-12/h13H,3-11H2,1-2H3. The fraction of sp³-hybridized carbons (Fsp3) is 1.00. The molecule has 1 atom stereocenters. The van der Waals surface area contributed by atoms with E-state index >= 15 is 0 Å². The lowest BCUT2D eigenvalue weighted by molar-refractivity contribution is 0.171. The highest BCUT2D eigenvalue weighted by Crippen LogP contribution is 2.23. The maximum atomic E-state index is 5.42. The molecule has 1 fully saturated rings. The van der Waals surface area contributed by atoms with Gasteiger partial charge in [0.2, 0.25) is 0 Å². The van der Waals surface area contributed by atoms with Crippen molar-refractivity contribution >= 4 is 0 Å². The van der Waals surface area contributed by atoms with Gasteiger partial charge in [0.1, 0.15) is 0 Å². The molecule has 0 aliphatic carbocycles. The van der Waals surface area contributed by atoms with E-state index in [9.17, 15) is 0 Å². The molecule has 0 aromatic carbocycles. The van der Waals surface area contributed by atoms with Crippen molar-refractivity contribution in [1.82, 2.24) is 5.32 Å². The van der Waals surface area contributed by atoms with Gasteiger partial charge in [-0.3, -0.25) is 5.32 Å². The lowest BCUT2D eigenvalue weighted by Gasteiger charge is -2.26. The van der Waals surface area contributed by atoms with Crippen LogP contribution in [-0.4, -0.2) is 18.9 Å². The molecule has 1 saturated heterocycles. The van der Waals surface area contributed by atoms with Crippen LogP contribution in [0.4, 0.5) is 0 Å². The Bertz CT molecular complexity index is 141. The highest BCUT2D eigenvalue weighted by Gasteiger charge is 2.31. The van der Waals surface area contributed by atoms with E-state index in [4.69, 9.17) is 4.74 Å². The fourth-order valence-electron chi connectivity index (χ4n) is 2.13. The number of nitrogens with one attached hydrogen (secondary N) is 1. The van der Waals surface area contributed by atoms with Crippen LogP contribution < -0.4 is 5.32 Å². The maximum Gasteiger partial charge on any atom is 0.0971 e. The number of rotatable bonds is 7.